The molecule has 0 spiro atoms. The molecular weight excluding hydrogens is 414 g/mol. The molecule has 0 saturated carbocycles. The van der Waals surface area contributed by atoms with Gasteiger partial charge in [0, 0.05) is 34.8 Å². The second-order valence-electron chi connectivity index (χ2n) is 7.62. The Morgan fingerprint density at radius 1 is 1.06 bits per heavy atom. The summed E-state index contributed by atoms with van der Waals surface area (Å²) in [6.45, 7) is 4.61. The standard InChI is InChI=1S/C24H25NO7/c1-13-17-8-15-11-25(16-6-7-19(28-3)20(9-16)29-4)12-31-22(15)14(2)23(17)32-24(27)18(13)10-21(26)30-5/h6-9H,10-12H2,1-5H3. The molecule has 0 amide bonds. The van der Waals surface area contributed by atoms with E-state index >= 15 is 0 Å². The highest BCUT2D eigenvalue weighted by molar-refractivity contribution is 5.88. The molecule has 1 aliphatic rings. The Labute approximate surface area is 185 Å². The monoisotopic (exact) mass is 439 g/mol. The number of hydrogen-bond donors (Lipinski definition) is 0. The van der Waals surface area contributed by atoms with E-state index in [0.717, 1.165) is 22.2 Å². The van der Waals surface area contributed by atoms with E-state index in [1.807, 2.05) is 38.1 Å². The van der Waals surface area contributed by atoms with Crippen molar-refractivity contribution < 1.29 is 28.2 Å². The van der Waals surface area contributed by atoms with E-state index in [2.05, 4.69) is 4.90 Å². The number of esters is 1. The third kappa shape index (κ3) is 3.62. The van der Waals surface area contributed by atoms with E-state index in [4.69, 9.17) is 23.4 Å². The fourth-order valence-corrected chi connectivity index (χ4v) is 4.05. The number of methoxy groups -OCH3 is 3. The van der Waals surface area contributed by atoms with Crippen LogP contribution in [0.1, 0.15) is 22.3 Å². The Balaban J connectivity index is 1.77. The third-order valence-corrected chi connectivity index (χ3v) is 5.84. The minimum atomic E-state index is -0.536. The number of aryl methyl sites for hydroxylation is 2. The van der Waals surface area contributed by atoms with Gasteiger partial charge in [-0.05, 0) is 37.6 Å². The van der Waals surface area contributed by atoms with Crippen LogP contribution in [-0.2, 0) is 22.5 Å². The normalized spacial score (nSPS) is 12.8. The Morgan fingerprint density at radius 3 is 2.50 bits per heavy atom. The van der Waals surface area contributed by atoms with Crippen LogP contribution in [0.15, 0.2) is 33.5 Å². The molecule has 3 aromatic rings. The predicted molar refractivity (Wildman–Crippen MR) is 119 cm³/mol. The van der Waals surface area contributed by atoms with Crippen molar-refractivity contribution in [3.63, 3.8) is 0 Å². The van der Waals surface area contributed by atoms with Gasteiger partial charge in [0.05, 0.1) is 33.3 Å². The smallest absolute Gasteiger partial charge is 0.340 e. The summed E-state index contributed by atoms with van der Waals surface area (Å²) in [5.41, 5.74) is 3.58. The summed E-state index contributed by atoms with van der Waals surface area (Å²) in [6, 6.07) is 7.67. The van der Waals surface area contributed by atoms with Gasteiger partial charge in [-0.3, -0.25) is 4.79 Å². The van der Waals surface area contributed by atoms with Crippen molar-refractivity contribution in [1.29, 1.82) is 0 Å². The van der Waals surface area contributed by atoms with E-state index in [1.165, 1.54) is 7.11 Å². The topological polar surface area (TPSA) is 87.4 Å². The molecular formula is C24H25NO7. The molecule has 0 fully saturated rings. The van der Waals surface area contributed by atoms with Crippen molar-refractivity contribution in [1.82, 2.24) is 0 Å². The highest BCUT2D eigenvalue weighted by atomic mass is 16.5. The number of hydrogen-bond acceptors (Lipinski definition) is 8. The first kappa shape index (κ1) is 21.5. The number of fused-ring (bicyclic) bond motifs is 2. The van der Waals surface area contributed by atoms with Crippen molar-refractivity contribution in [2.75, 3.05) is 33.0 Å². The SMILES string of the molecule is COC(=O)Cc1c(C)c2cc3c(c(C)c2oc1=O)OCN(c1ccc(OC)c(OC)c1)C3. The zero-order valence-electron chi connectivity index (χ0n) is 18.7. The molecule has 2 aromatic carbocycles. The lowest BCUT2D eigenvalue weighted by atomic mass is 9.97. The molecule has 168 valence electrons. The zero-order valence-corrected chi connectivity index (χ0v) is 18.7. The van der Waals surface area contributed by atoms with Gasteiger partial charge in [-0.1, -0.05) is 0 Å². The fraction of sp³-hybridized carbons (Fsp3) is 0.333. The number of anilines is 1. The second-order valence-corrected chi connectivity index (χ2v) is 7.62. The molecule has 1 aliphatic heterocycles. The molecule has 0 atom stereocenters. The van der Waals surface area contributed by atoms with Crippen LogP contribution in [-0.4, -0.2) is 34.0 Å². The summed E-state index contributed by atoms with van der Waals surface area (Å²) < 4.78 is 27.1. The first-order valence-electron chi connectivity index (χ1n) is 10.1. The maximum atomic E-state index is 12.5. The molecule has 1 aromatic heterocycles. The molecule has 0 saturated heterocycles. The van der Waals surface area contributed by atoms with Crippen LogP contribution in [0.2, 0.25) is 0 Å². The van der Waals surface area contributed by atoms with Gasteiger partial charge in [0.2, 0.25) is 0 Å². The Morgan fingerprint density at radius 2 is 1.81 bits per heavy atom. The largest absolute Gasteiger partial charge is 0.493 e. The van der Waals surface area contributed by atoms with Crippen LogP contribution in [0.3, 0.4) is 0 Å². The highest BCUT2D eigenvalue weighted by Gasteiger charge is 2.25. The molecule has 8 nitrogen and oxygen atoms in total. The van der Waals surface area contributed by atoms with Crippen molar-refractivity contribution in [2.45, 2.75) is 26.8 Å². The summed E-state index contributed by atoms with van der Waals surface area (Å²) in [7, 11) is 4.49. The molecule has 0 radical (unpaired) electrons. The van der Waals surface area contributed by atoms with E-state index in [1.54, 1.807) is 14.2 Å². The molecule has 2 heterocycles. The second kappa shape index (κ2) is 8.45. The first-order valence-corrected chi connectivity index (χ1v) is 10.1. The van der Waals surface area contributed by atoms with Crippen molar-refractivity contribution >= 4 is 22.6 Å². The van der Waals surface area contributed by atoms with Gasteiger partial charge in [0.15, 0.2) is 18.2 Å². The van der Waals surface area contributed by atoms with Gasteiger partial charge in [0.25, 0.3) is 0 Å². The first-order chi connectivity index (χ1) is 15.4. The van der Waals surface area contributed by atoms with Gasteiger partial charge in [-0.25, -0.2) is 4.79 Å². The average molecular weight is 439 g/mol. The molecule has 0 aliphatic carbocycles. The summed E-state index contributed by atoms with van der Waals surface area (Å²) in [6.07, 6.45) is -0.134. The van der Waals surface area contributed by atoms with Gasteiger partial charge < -0.3 is 28.3 Å². The average Bonchev–Trinajstić information content (AvgIpc) is 2.81. The van der Waals surface area contributed by atoms with Crippen LogP contribution >= 0.6 is 0 Å². The summed E-state index contributed by atoms with van der Waals surface area (Å²) >= 11 is 0. The Kier molecular flexibility index (Phi) is 5.69. The van der Waals surface area contributed by atoms with E-state index in [9.17, 15) is 9.59 Å². The lowest BCUT2D eigenvalue weighted by Crippen LogP contribution is -2.32. The zero-order chi connectivity index (χ0) is 23.0. The van der Waals surface area contributed by atoms with Gasteiger partial charge >= 0.3 is 11.6 Å². The van der Waals surface area contributed by atoms with Gasteiger partial charge in [-0.15, -0.1) is 0 Å². The maximum Gasteiger partial charge on any atom is 0.340 e. The minimum Gasteiger partial charge on any atom is -0.493 e. The molecule has 0 unspecified atom stereocenters. The number of carbonyl (C=O) groups excluding carboxylic acids is 1. The molecule has 8 heteroatoms. The molecule has 4 rings (SSSR count). The highest BCUT2D eigenvalue weighted by Crippen LogP contribution is 2.39. The lowest BCUT2D eigenvalue weighted by Gasteiger charge is -2.32. The number of carbonyl (C=O) groups is 1. The lowest BCUT2D eigenvalue weighted by molar-refractivity contribution is -0.139. The van der Waals surface area contributed by atoms with Crippen LogP contribution in [0.25, 0.3) is 11.0 Å². The van der Waals surface area contributed by atoms with Crippen molar-refractivity contribution in [2.24, 2.45) is 0 Å². The Hall–Kier alpha value is -3.68. The quantitative estimate of drug-likeness (QED) is 0.441. The van der Waals surface area contributed by atoms with E-state index < -0.39 is 11.6 Å². The predicted octanol–water partition coefficient (Wildman–Crippen LogP) is 3.50. The molecule has 0 bridgehead atoms. The summed E-state index contributed by atoms with van der Waals surface area (Å²) in [5, 5.41) is 0.775. The molecule has 32 heavy (non-hydrogen) atoms. The van der Waals surface area contributed by atoms with Crippen LogP contribution in [0.5, 0.6) is 17.2 Å². The Bertz CT molecular complexity index is 1260. The third-order valence-electron chi connectivity index (χ3n) is 5.84. The van der Waals surface area contributed by atoms with Crippen molar-refractivity contribution in [3.05, 3.63) is 56.9 Å². The maximum absolute atomic E-state index is 12.5. The van der Waals surface area contributed by atoms with Crippen LogP contribution < -0.4 is 24.7 Å². The minimum absolute atomic E-state index is 0.134. The van der Waals surface area contributed by atoms with E-state index in [0.29, 0.717) is 47.2 Å². The van der Waals surface area contributed by atoms with Gasteiger partial charge in [-0.2, -0.15) is 0 Å². The van der Waals surface area contributed by atoms with Crippen LogP contribution in [0, 0.1) is 13.8 Å². The van der Waals surface area contributed by atoms with Crippen molar-refractivity contribution in [3.8, 4) is 17.2 Å². The fourth-order valence-electron chi connectivity index (χ4n) is 4.05. The number of rotatable bonds is 5. The van der Waals surface area contributed by atoms with Crippen LogP contribution in [0.4, 0.5) is 5.69 Å². The number of benzene rings is 2. The summed E-state index contributed by atoms with van der Waals surface area (Å²) in [5.74, 6) is 1.51. The van der Waals surface area contributed by atoms with Gasteiger partial charge in [0.1, 0.15) is 11.3 Å². The number of nitrogens with zero attached hydrogens (tertiary/aromatic N) is 1. The summed E-state index contributed by atoms with van der Waals surface area (Å²) in [4.78, 5) is 26.4. The molecule has 0 N–H and O–H groups in total. The van der Waals surface area contributed by atoms with E-state index in [-0.39, 0.29) is 6.42 Å². The number of ether oxygens (including phenoxy) is 4.